The molecule has 1 aliphatic heterocycles. The smallest absolute Gasteiger partial charge is 0.0462 e. The van der Waals surface area contributed by atoms with Crippen LogP contribution in [-0.2, 0) is 5.75 Å². The van der Waals surface area contributed by atoms with Gasteiger partial charge in [0.1, 0.15) is 0 Å². The fourth-order valence-electron chi connectivity index (χ4n) is 7.62. The molecule has 4 heteroatoms. The molecular weight excluding hydrogens is 717 g/mol. The molecular formula is C52H38N2S2. The molecule has 8 aromatic carbocycles. The second-order valence-corrected chi connectivity index (χ2v) is 17.0. The zero-order valence-electron chi connectivity index (χ0n) is 30.7. The van der Waals surface area contributed by atoms with E-state index in [1.54, 1.807) is 0 Å². The van der Waals surface area contributed by atoms with Gasteiger partial charge in [-0.3, -0.25) is 0 Å². The zero-order valence-corrected chi connectivity index (χ0v) is 32.3. The maximum Gasteiger partial charge on any atom is 0.0462 e. The number of para-hydroxylation sites is 2. The van der Waals surface area contributed by atoms with Gasteiger partial charge >= 0.3 is 0 Å². The Hall–Kier alpha value is -6.46. The molecule has 2 nitrogen and oxygen atoms in total. The molecule has 0 aliphatic carbocycles. The molecule has 10 rings (SSSR count). The van der Waals surface area contributed by atoms with Gasteiger partial charge in [-0.1, -0.05) is 115 Å². The maximum atomic E-state index is 2.44. The molecule has 268 valence electrons. The van der Waals surface area contributed by atoms with Crippen LogP contribution in [0, 0.1) is 0 Å². The summed E-state index contributed by atoms with van der Waals surface area (Å²) >= 11 is 1.84. The molecule has 9 aromatic rings. The number of hydrogen-bond acceptors (Lipinski definition) is 3. The van der Waals surface area contributed by atoms with E-state index in [1.165, 1.54) is 47.7 Å². The minimum absolute atomic E-state index is 0.0938. The van der Waals surface area contributed by atoms with Crippen LogP contribution in [0.25, 0.3) is 31.7 Å². The lowest BCUT2D eigenvalue weighted by atomic mass is 10.0. The zero-order chi connectivity index (χ0) is 37.3. The SMILES string of the molecule is C1=S(c2ccc(N(c3ccccc3)c3ccc(-c4ccc(N(c5ccccc5)c5ccc(-c6cc7ccccc7s6)cc5)cc4)cc3)cc2)Cc2ccccc21. The standard InChI is InChI=1S/C52H38N2S2/c1-3-14-44(15-4-1)53(48-29-23-40(24-30-48)52-35-41-11-9-10-18-51(41)55-52)46-25-19-38(20-26-46)39-21-27-47(28-22-39)54(45-16-5-2-6-17-45)49-31-33-50(34-32-49)56-36-42-12-7-8-13-43(42)37-56/h1-36H,37H2. The Bertz CT molecular complexity index is 2760. The molecule has 1 atom stereocenters. The largest absolute Gasteiger partial charge is 0.311 e. The Labute approximate surface area is 335 Å². The third-order valence-corrected chi connectivity index (χ3v) is 13.7. The Morgan fingerprint density at radius 1 is 0.393 bits per heavy atom. The average molecular weight is 755 g/mol. The Morgan fingerprint density at radius 3 is 1.38 bits per heavy atom. The van der Waals surface area contributed by atoms with Crippen LogP contribution >= 0.6 is 21.8 Å². The van der Waals surface area contributed by atoms with Crippen molar-refractivity contribution in [3.05, 3.63) is 223 Å². The van der Waals surface area contributed by atoms with Gasteiger partial charge in [-0.2, -0.15) is 0 Å². The van der Waals surface area contributed by atoms with Crippen molar-refractivity contribution in [1.29, 1.82) is 0 Å². The van der Waals surface area contributed by atoms with Gasteiger partial charge in [0.25, 0.3) is 0 Å². The first kappa shape index (κ1) is 34.1. The summed E-state index contributed by atoms with van der Waals surface area (Å²) in [6.45, 7) is 0. The van der Waals surface area contributed by atoms with Crippen LogP contribution < -0.4 is 9.80 Å². The third-order valence-electron chi connectivity index (χ3n) is 10.5. The molecule has 2 heterocycles. The monoisotopic (exact) mass is 754 g/mol. The van der Waals surface area contributed by atoms with E-state index < -0.39 is 0 Å². The fraction of sp³-hybridized carbons (Fsp3) is 0.0192. The highest BCUT2D eigenvalue weighted by atomic mass is 32.2. The highest BCUT2D eigenvalue weighted by molar-refractivity contribution is 8.14. The van der Waals surface area contributed by atoms with Crippen molar-refractivity contribution < 1.29 is 0 Å². The third kappa shape index (κ3) is 6.75. The first-order valence-electron chi connectivity index (χ1n) is 19.0. The lowest BCUT2D eigenvalue weighted by Crippen LogP contribution is -2.10. The van der Waals surface area contributed by atoms with Crippen LogP contribution in [-0.4, -0.2) is 5.37 Å². The minimum atomic E-state index is 0.0938. The lowest BCUT2D eigenvalue weighted by molar-refractivity contribution is 1.27. The van der Waals surface area contributed by atoms with Crippen LogP contribution in [0.4, 0.5) is 34.1 Å². The predicted octanol–water partition coefficient (Wildman–Crippen LogP) is 15.2. The van der Waals surface area contributed by atoms with Crippen LogP contribution in [0.1, 0.15) is 11.1 Å². The number of thiophene rings is 1. The summed E-state index contributed by atoms with van der Waals surface area (Å²) in [7, 11) is 0.0938. The van der Waals surface area contributed by atoms with Gasteiger partial charge in [0.2, 0.25) is 0 Å². The van der Waals surface area contributed by atoms with Crippen LogP contribution in [0.5, 0.6) is 0 Å². The molecule has 0 saturated carbocycles. The molecule has 0 bridgehead atoms. The molecule has 1 unspecified atom stereocenters. The van der Waals surface area contributed by atoms with E-state index >= 15 is 0 Å². The van der Waals surface area contributed by atoms with E-state index in [0.717, 1.165) is 39.9 Å². The molecule has 0 spiro atoms. The lowest BCUT2D eigenvalue weighted by Gasteiger charge is -2.26. The van der Waals surface area contributed by atoms with Gasteiger partial charge in [-0.15, -0.1) is 21.8 Å². The van der Waals surface area contributed by atoms with E-state index in [9.17, 15) is 0 Å². The summed E-state index contributed by atoms with van der Waals surface area (Å²) in [6.07, 6.45) is 0. The van der Waals surface area contributed by atoms with Crippen LogP contribution in [0.2, 0.25) is 0 Å². The summed E-state index contributed by atoms with van der Waals surface area (Å²) in [5.74, 6) is 1.09. The van der Waals surface area contributed by atoms with Crippen molar-refractivity contribution in [2.24, 2.45) is 0 Å². The number of hydrogen-bond donors (Lipinski definition) is 0. The van der Waals surface area contributed by atoms with E-state index in [-0.39, 0.29) is 10.5 Å². The normalized spacial score (nSPS) is 13.2. The average Bonchev–Trinajstić information content (AvgIpc) is 3.91. The van der Waals surface area contributed by atoms with Gasteiger partial charge in [0.05, 0.1) is 0 Å². The molecule has 1 aromatic heterocycles. The summed E-state index contributed by atoms with van der Waals surface area (Å²) in [6, 6.07) is 76.9. The highest BCUT2D eigenvalue weighted by Crippen LogP contribution is 2.42. The fourth-order valence-corrected chi connectivity index (χ4v) is 10.7. The highest BCUT2D eigenvalue weighted by Gasteiger charge is 2.17. The van der Waals surface area contributed by atoms with Crippen molar-refractivity contribution in [1.82, 2.24) is 0 Å². The van der Waals surface area contributed by atoms with Gasteiger partial charge in [-0.05, 0) is 136 Å². The number of rotatable bonds is 9. The van der Waals surface area contributed by atoms with Crippen LogP contribution in [0.15, 0.2) is 217 Å². The van der Waals surface area contributed by atoms with Gasteiger partial charge in [0.15, 0.2) is 0 Å². The Balaban J connectivity index is 0.917. The summed E-state index contributed by atoms with van der Waals surface area (Å²) in [4.78, 5) is 7.34. The number of anilines is 6. The van der Waals surface area contributed by atoms with Crippen LogP contribution in [0.3, 0.4) is 0 Å². The minimum Gasteiger partial charge on any atom is -0.311 e. The van der Waals surface area contributed by atoms with Gasteiger partial charge in [-0.25, -0.2) is 0 Å². The number of benzene rings is 8. The summed E-state index contributed by atoms with van der Waals surface area (Å²) in [5, 5.41) is 3.73. The molecule has 0 fully saturated rings. The molecule has 0 radical (unpaired) electrons. The maximum absolute atomic E-state index is 2.44. The Kier molecular flexibility index (Phi) is 9.12. The van der Waals surface area contributed by atoms with Crippen molar-refractivity contribution in [2.45, 2.75) is 10.6 Å². The first-order chi connectivity index (χ1) is 27.7. The first-order valence-corrected chi connectivity index (χ1v) is 21.2. The van der Waals surface area contributed by atoms with Crippen molar-refractivity contribution in [2.75, 3.05) is 9.80 Å². The van der Waals surface area contributed by atoms with E-state index in [1.807, 2.05) is 11.3 Å². The van der Waals surface area contributed by atoms with Gasteiger partial charge in [0, 0.05) is 54.3 Å². The summed E-state index contributed by atoms with van der Waals surface area (Å²) in [5.41, 5.74) is 13.2. The van der Waals surface area contributed by atoms with Crippen molar-refractivity contribution in [3.8, 4) is 21.6 Å². The van der Waals surface area contributed by atoms with Gasteiger partial charge < -0.3 is 9.80 Å². The van der Waals surface area contributed by atoms with Crippen molar-refractivity contribution in [3.63, 3.8) is 0 Å². The van der Waals surface area contributed by atoms with E-state index in [2.05, 4.69) is 227 Å². The molecule has 1 aliphatic rings. The van der Waals surface area contributed by atoms with E-state index in [4.69, 9.17) is 0 Å². The van der Waals surface area contributed by atoms with Crippen molar-refractivity contribution >= 4 is 71.4 Å². The topological polar surface area (TPSA) is 6.48 Å². The molecule has 0 N–H and O–H groups in total. The predicted molar refractivity (Wildman–Crippen MR) is 243 cm³/mol. The quantitative estimate of drug-likeness (QED) is 0.135. The second-order valence-electron chi connectivity index (χ2n) is 14.0. The molecule has 0 saturated heterocycles. The number of nitrogens with zero attached hydrogens (tertiary/aromatic N) is 2. The number of fused-ring (bicyclic) bond motifs is 2. The molecule has 56 heavy (non-hydrogen) atoms. The summed E-state index contributed by atoms with van der Waals surface area (Å²) < 4.78 is 1.32. The Morgan fingerprint density at radius 2 is 0.839 bits per heavy atom. The second kappa shape index (κ2) is 15.0. The van der Waals surface area contributed by atoms with E-state index in [0.29, 0.717) is 0 Å². The molecule has 0 amide bonds.